The van der Waals surface area contributed by atoms with Crippen LogP contribution in [0.3, 0.4) is 0 Å². The fraction of sp³-hybridized carbons (Fsp3) is 0.714. The Labute approximate surface area is 223 Å². The molecule has 1 fully saturated rings. The highest BCUT2D eigenvalue weighted by Crippen LogP contribution is 2.30. The molecule has 5 atom stereocenters. The van der Waals surface area contributed by atoms with Crippen molar-refractivity contribution in [3.05, 3.63) is 42.5 Å². The van der Waals surface area contributed by atoms with Crippen LogP contribution in [0.15, 0.2) is 41.8 Å². The van der Waals surface area contributed by atoms with Gasteiger partial charge in [0.15, 0.2) is 6.29 Å². The first-order valence-electron chi connectivity index (χ1n) is 13.6. The van der Waals surface area contributed by atoms with Crippen molar-refractivity contribution < 1.29 is 36.3 Å². The van der Waals surface area contributed by atoms with Crippen LogP contribution in [0.1, 0.15) is 64.9 Å². The van der Waals surface area contributed by atoms with Gasteiger partial charge in [-0.15, -0.1) is 6.58 Å². The minimum atomic E-state index is -3.99. The Morgan fingerprint density at radius 1 is 0.838 bits per heavy atom. The van der Waals surface area contributed by atoms with E-state index in [0.29, 0.717) is 19.8 Å². The quantitative estimate of drug-likeness (QED) is 0.134. The average molecular weight is 543 g/mol. The van der Waals surface area contributed by atoms with Gasteiger partial charge in [-0.2, -0.15) is 8.42 Å². The molecule has 1 aromatic rings. The zero-order valence-corrected chi connectivity index (χ0v) is 23.7. The first-order valence-corrected chi connectivity index (χ1v) is 15.0. The van der Waals surface area contributed by atoms with Crippen LogP contribution in [0.5, 0.6) is 0 Å². The molecule has 0 radical (unpaired) electrons. The van der Waals surface area contributed by atoms with E-state index in [0.717, 1.165) is 44.1 Å². The van der Waals surface area contributed by atoms with E-state index in [9.17, 15) is 8.42 Å². The van der Waals surface area contributed by atoms with E-state index in [1.807, 2.05) is 6.92 Å². The Morgan fingerprint density at radius 2 is 1.38 bits per heavy atom. The molecule has 0 amide bonds. The van der Waals surface area contributed by atoms with Crippen molar-refractivity contribution in [3.8, 4) is 0 Å². The smallest absolute Gasteiger partial charge is 0.297 e. The summed E-state index contributed by atoms with van der Waals surface area (Å²) < 4.78 is 62.4. The summed E-state index contributed by atoms with van der Waals surface area (Å²) in [5.74, 6) is 0. The molecule has 0 N–H and O–H groups in total. The molecule has 0 saturated carbocycles. The molecular formula is C28H46O8S. The number of unbranched alkanes of at least 4 members (excludes halogenated alkanes) is 3. The van der Waals surface area contributed by atoms with Crippen molar-refractivity contribution in [2.24, 2.45) is 0 Å². The highest BCUT2D eigenvalue weighted by molar-refractivity contribution is 7.86. The van der Waals surface area contributed by atoms with Gasteiger partial charge in [-0.1, -0.05) is 63.8 Å². The van der Waals surface area contributed by atoms with Crippen LogP contribution in [0.4, 0.5) is 0 Å². The monoisotopic (exact) mass is 542 g/mol. The van der Waals surface area contributed by atoms with Crippen LogP contribution < -0.4 is 0 Å². The third-order valence-electron chi connectivity index (χ3n) is 6.09. The third kappa shape index (κ3) is 10.4. The Morgan fingerprint density at radius 3 is 1.92 bits per heavy atom. The van der Waals surface area contributed by atoms with Crippen LogP contribution in [0, 0.1) is 6.92 Å². The lowest BCUT2D eigenvalue weighted by molar-refractivity contribution is -0.319. The summed E-state index contributed by atoms with van der Waals surface area (Å²) in [7, 11) is -3.99. The fourth-order valence-electron chi connectivity index (χ4n) is 3.90. The normalized spacial score (nSPS) is 24.3. The highest BCUT2D eigenvalue weighted by atomic mass is 32.2. The van der Waals surface area contributed by atoms with Crippen LogP contribution in [0.25, 0.3) is 0 Å². The van der Waals surface area contributed by atoms with Gasteiger partial charge in [-0.25, -0.2) is 0 Å². The number of hydrogen-bond acceptors (Lipinski definition) is 8. The molecule has 2 rings (SSSR count). The van der Waals surface area contributed by atoms with Gasteiger partial charge >= 0.3 is 0 Å². The fourth-order valence-corrected chi connectivity index (χ4v) is 4.82. The second-order valence-corrected chi connectivity index (χ2v) is 10.9. The van der Waals surface area contributed by atoms with Gasteiger partial charge in [0.05, 0.1) is 18.1 Å². The maximum atomic E-state index is 12.9. The zero-order valence-electron chi connectivity index (χ0n) is 22.9. The van der Waals surface area contributed by atoms with Crippen molar-refractivity contribution in [1.29, 1.82) is 0 Å². The first kappa shape index (κ1) is 31.9. The molecule has 1 aliphatic heterocycles. The molecule has 0 aliphatic carbocycles. The lowest BCUT2D eigenvalue weighted by Crippen LogP contribution is -2.62. The maximum Gasteiger partial charge on any atom is 0.297 e. The standard InChI is InChI=1S/C28H46O8S/c1-6-10-18-31-25-24(21-35-37(29,30)23-15-13-22(5)14-16-23)36-28(34-17-9-4)27(33-20-12-8-3)26(25)32-19-11-7-2/h9,13-16,24-28H,4,6-8,10-12,17-21H2,1-3,5H3. The highest BCUT2D eigenvalue weighted by Gasteiger charge is 2.49. The number of rotatable bonds is 19. The number of hydrogen-bond donors (Lipinski definition) is 0. The largest absolute Gasteiger partial charge is 0.373 e. The zero-order chi connectivity index (χ0) is 27.1. The third-order valence-corrected chi connectivity index (χ3v) is 7.39. The molecule has 0 bridgehead atoms. The molecule has 0 aromatic heterocycles. The van der Waals surface area contributed by atoms with Crippen LogP contribution in [-0.4, -0.2) is 72.2 Å². The molecule has 1 aliphatic rings. The van der Waals surface area contributed by atoms with E-state index in [2.05, 4.69) is 27.4 Å². The van der Waals surface area contributed by atoms with E-state index in [-0.39, 0.29) is 18.1 Å². The molecule has 5 unspecified atom stereocenters. The summed E-state index contributed by atoms with van der Waals surface area (Å²) >= 11 is 0. The average Bonchev–Trinajstić information content (AvgIpc) is 2.88. The second kappa shape index (κ2) is 17.3. The van der Waals surface area contributed by atoms with E-state index in [1.165, 1.54) is 12.1 Å². The van der Waals surface area contributed by atoms with E-state index < -0.39 is 40.8 Å². The first-order chi connectivity index (χ1) is 17.9. The van der Waals surface area contributed by atoms with Crippen LogP contribution >= 0.6 is 0 Å². The van der Waals surface area contributed by atoms with Crippen molar-refractivity contribution in [3.63, 3.8) is 0 Å². The summed E-state index contributed by atoms with van der Waals surface area (Å²) in [4.78, 5) is 0.0911. The molecular weight excluding hydrogens is 496 g/mol. The minimum absolute atomic E-state index is 0.0911. The predicted molar refractivity (Wildman–Crippen MR) is 143 cm³/mol. The summed E-state index contributed by atoms with van der Waals surface area (Å²) in [6, 6.07) is 6.54. The molecule has 8 nitrogen and oxygen atoms in total. The molecule has 1 heterocycles. The minimum Gasteiger partial charge on any atom is -0.373 e. The van der Waals surface area contributed by atoms with E-state index in [1.54, 1.807) is 18.2 Å². The molecule has 1 aromatic carbocycles. The Bertz CT molecular complexity index is 857. The lowest BCUT2D eigenvalue weighted by Gasteiger charge is -2.45. The summed E-state index contributed by atoms with van der Waals surface area (Å²) in [5, 5.41) is 0. The molecule has 9 heteroatoms. The predicted octanol–water partition coefficient (Wildman–Crippen LogP) is 5.18. The summed E-state index contributed by atoms with van der Waals surface area (Å²) in [6.45, 7) is 13.4. The summed E-state index contributed by atoms with van der Waals surface area (Å²) in [5.41, 5.74) is 0.961. The summed E-state index contributed by atoms with van der Waals surface area (Å²) in [6.07, 6.45) is 3.98. The SMILES string of the molecule is C=CCOC1OC(COS(=O)(=O)c2ccc(C)cc2)C(OCCCC)C(OCCCC)C1OCCCC. The number of ether oxygens (including phenoxy) is 5. The topological polar surface area (TPSA) is 89.5 Å². The van der Waals surface area contributed by atoms with Gasteiger partial charge in [-0.05, 0) is 38.3 Å². The molecule has 1 saturated heterocycles. The lowest BCUT2D eigenvalue weighted by atomic mass is 9.98. The van der Waals surface area contributed by atoms with E-state index >= 15 is 0 Å². The van der Waals surface area contributed by atoms with Gasteiger partial charge < -0.3 is 23.7 Å². The molecule has 212 valence electrons. The van der Waals surface area contributed by atoms with E-state index in [4.69, 9.17) is 27.9 Å². The second-order valence-electron chi connectivity index (χ2n) is 9.28. The van der Waals surface area contributed by atoms with Crippen LogP contribution in [-0.2, 0) is 38.0 Å². The number of benzene rings is 1. The van der Waals surface area contributed by atoms with Crippen molar-refractivity contribution >= 4 is 10.1 Å². The Kier molecular flexibility index (Phi) is 14.9. The number of aryl methyl sites for hydroxylation is 1. The van der Waals surface area contributed by atoms with Crippen molar-refractivity contribution in [2.75, 3.05) is 33.0 Å². The van der Waals surface area contributed by atoms with Crippen molar-refractivity contribution in [2.45, 2.75) is 102 Å². The van der Waals surface area contributed by atoms with Crippen molar-refractivity contribution in [1.82, 2.24) is 0 Å². The van der Waals surface area contributed by atoms with Crippen LogP contribution in [0.2, 0.25) is 0 Å². The Balaban J connectivity index is 2.31. The van der Waals surface area contributed by atoms with Gasteiger partial charge in [0, 0.05) is 19.8 Å². The molecule has 0 spiro atoms. The van der Waals surface area contributed by atoms with Gasteiger partial charge in [0.25, 0.3) is 10.1 Å². The maximum absolute atomic E-state index is 12.9. The Hall–Kier alpha value is -1.33. The van der Waals surface area contributed by atoms with Gasteiger partial charge in [-0.3, -0.25) is 4.18 Å². The van der Waals surface area contributed by atoms with Gasteiger partial charge in [0.1, 0.15) is 24.4 Å². The van der Waals surface area contributed by atoms with Gasteiger partial charge in [0.2, 0.25) is 0 Å². The molecule has 37 heavy (non-hydrogen) atoms.